The molecule has 2 heterocycles. The first-order chi connectivity index (χ1) is 7.92. The number of ether oxygens (including phenoxy) is 1. The van der Waals surface area contributed by atoms with E-state index < -0.39 is 0 Å². The van der Waals surface area contributed by atoms with Gasteiger partial charge in [-0.3, -0.25) is 0 Å². The monoisotopic (exact) mass is 239 g/mol. The molecule has 5 heteroatoms. The van der Waals surface area contributed by atoms with E-state index in [1.165, 1.54) is 11.5 Å². The van der Waals surface area contributed by atoms with E-state index in [1.807, 2.05) is 6.20 Å². The summed E-state index contributed by atoms with van der Waals surface area (Å²) in [5.74, 6) is 1.03. The molecule has 0 fully saturated rings. The van der Waals surface area contributed by atoms with Crippen molar-refractivity contribution in [2.75, 3.05) is 13.2 Å². The second-order valence-corrected chi connectivity index (χ2v) is 4.62. The van der Waals surface area contributed by atoms with Crippen LogP contribution in [0.5, 0.6) is 0 Å². The van der Waals surface area contributed by atoms with Gasteiger partial charge < -0.3 is 10.1 Å². The molecular weight excluding hydrogens is 222 g/mol. The summed E-state index contributed by atoms with van der Waals surface area (Å²) in [4.78, 5) is 1.13. The van der Waals surface area contributed by atoms with E-state index in [1.54, 1.807) is 0 Å². The molecule has 4 nitrogen and oxygen atoms in total. The lowest BCUT2D eigenvalue weighted by atomic mass is 10.1. The number of rotatable bonds is 5. The van der Waals surface area contributed by atoms with Crippen molar-refractivity contribution in [3.05, 3.63) is 22.9 Å². The number of nitrogens with one attached hydrogen (secondary N) is 1. The molecule has 1 aliphatic heterocycles. The van der Waals surface area contributed by atoms with Gasteiger partial charge in [-0.05, 0) is 43.4 Å². The van der Waals surface area contributed by atoms with Gasteiger partial charge in [0, 0.05) is 0 Å². The molecule has 16 heavy (non-hydrogen) atoms. The van der Waals surface area contributed by atoms with Gasteiger partial charge in [-0.2, -0.15) is 0 Å². The highest BCUT2D eigenvalue weighted by Gasteiger charge is 2.21. The molecular formula is C11H17N3OS. The maximum atomic E-state index is 5.71. The Morgan fingerprint density at radius 3 is 3.19 bits per heavy atom. The summed E-state index contributed by atoms with van der Waals surface area (Å²) >= 11 is 1.43. The summed E-state index contributed by atoms with van der Waals surface area (Å²) in [5.41, 5.74) is 0. The van der Waals surface area contributed by atoms with Crippen molar-refractivity contribution in [2.45, 2.75) is 32.2 Å². The van der Waals surface area contributed by atoms with Crippen LogP contribution in [0.2, 0.25) is 0 Å². The third-order valence-electron chi connectivity index (χ3n) is 2.51. The van der Waals surface area contributed by atoms with E-state index >= 15 is 0 Å². The average Bonchev–Trinajstić information content (AvgIpc) is 2.85. The van der Waals surface area contributed by atoms with E-state index in [4.69, 9.17) is 4.74 Å². The molecule has 1 aromatic rings. The van der Waals surface area contributed by atoms with Crippen LogP contribution in [0.1, 0.15) is 37.1 Å². The first-order valence-electron chi connectivity index (χ1n) is 5.75. The summed E-state index contributed by atoms with van der Waals surface area (Å²) in [6, 6.07) is 0.139. The van der Waals surface area contributed by atoms with Crippen LogP contribution in [-0.4, -0.2) is 22.7 Å². The summed E-state index contributed by atoms with van der Waals surface area (Å²) in [7, 11) is 0. The third-order valence-corrected chi connectivity index (χ3v) is 3.24. The fourth-order valence-corrected chi connectivity index (χ4v) is 2.30. The van der Waals surface area contributed by atoms with Crippen molar-refractivity contribution < 1.29 is 4.74 Å². The van der Waals surface area contributed by atoms with Crippen LogP contribution in [0.3, 0.4) is 0 Å². The van der Waals surface area contributed by atoms with Gasteiger partial charge in [-0.15, -0.1) is 5.10 Å². The number of hydrogen-bond acceptors (Lipinski definition) is 5. The van der Waals surface area contributed by atoms with E-state index in [-0.39, 0.29) is 6.04 Å². The molecule has 1 unspecified atom stereocenters. The molecule has 0 spiro atoms. The van der Waals surface area contributed by atoms with Crippen molar-refractivity contribution in [3.8, 4) is 0 Å². The van der Waals surface area contributed by atoms with Crippen LogP contribution in [0, 0.1) is 0 Å². The van der Waals surface area contributed by atoms with Crippen molar-refractivity contribution in [2.24, 2.45) is 0 Å². The summed E-state index contributed by atoms with van der Waals surface area (Å²) in [6.45, 7) is 3.96. The molecule has 0 amide bonds. The van der Waals surface area contributed by atoms with E-state index in [2.05, 4.69) is 27.9 Å². The van der Waals surface area contributed by atoms with Crippen LogP contribution in [-0.2, 0) is 4.74 Å². The number of nitrogens with zero attached hydrogens (tertiary/aromatic N) is 2. The standard InChI is InChI=1S/C11H17N3OS/c1-2-6-12-11(10-8-13-14-16-10)9-5-3-4-7-15-9/h5,8,11-12H,2-4,6-7H2,1H3. The Hall–Kier alpha value is -0.940. The van der Waals surface area contributed by atoms with E-state index in [0.29, 0.717) is 0 Å². The SMILES string of the molecule is CCCNC(C1=CCCCO1)c1cnns1. The lowest BCUT2D eigenvalue weighted by Gasteiger charge is -2.23. The summed E-state index contributed by atoms with van der Waals surface area (Å²) in [6.07, 6.45) is 7.32. The van der Waals surface area contributed by atoms with Crippen LogP contribution in [0.15, 0.2) is 18.0 Å². The fraction of sp³-hybridized carbons (Fsp3) is 0.636. The Kier molecular flexibility index (Phi) is 4.30. The van der Waals surface area contributed by atoms with Gasteiger partial charge in [0.1, 0.15) is 11.8 Å². The second kappa shape index (κ2) is 5.96. The lowest BCUT2D eigenvalue weighted by Crippen LogP contribution is -2.25. The molecule has 0 saturated heterocycles. The molecule has 1 atom stereocenters. The Balaban J connectivity index is 2.10. The first kappa shape index (κ1) is 11.5. The Bertz CT molecular complexity index is 337. The smallest absolute Gasteiger partial charge is 0.114 e. The minimum Gasteiger partial charge on any atom is -0.496 e. The number of aromatic nitrogens is 2. The molecule has 0 bridgehead atoms. The largest absolute Gasteiger partial charge is 0.496 e. The average molecular weight is 239 g/mol. The normalized spacial score (nSPS) is 17.7. The zero-order chi connectivity index (χ0) is 11.2. The van der Waals surface area contributed by atoms with Gasteiger partial charge >= 0.3 is 0 Å². The summed E-state index contributed by atoms with van der Waals surface area (Å²) in [5, 5.41) is 7.37. The maximum Gasteiger partial charge on any atom is 0.114 e. The van der Waals surface area contributed by atoms with Crippen molar-refractivity contribution in [1.29, 1.82) is 0 Å². The van der Waals surface area contributed by atoms with Crippen LogP contribution in [0.25, 0.3) is 0 Å². The van der Waals surface area contributed by atoms with Crippen molar-refractivity contribution in [1.82, 2.24) is 14.9 Å². The Labute approximate surface area is 99.9 Å². The van der Waals surface area contributed by atoms with Gasteiger partial charge in [0.05, 0.1) is 17.7 Å². The summed E-state index contributed by atoms with van der Waals surface area (Å²) < 4.78 is 9.63. The van der Waals surface area contributed by atoms with Gasteiger partial charge in [0.2, 0.25) is 0 Å². The minimum atomic E-state index is 0.139. The van der Waals surface area contributed by atoms with Crippen LogP contribution < -0.4 is 5.32 Å². The third kappa shape index (κ3) is 2.80. The number of allylic oxidation sites excluding steroid dienone is 1. The van der Waals surface area contributed by atoms with Crippen LogP contribution in [0.4, 0.5) is 0 Å². The zero-order valence-corrected chi connectivity index (χ0v) is 10.3. The molecule has 0 aliphatic carbocycles. The molecule has 0 aromatic carbocycles. The zero-order valence-electron chi connectivity index (χ0n) is 9.48. The fourth-order valence-electron chi connectivity index (χ4n) is 1.71. The van der Waals surface area contributed by atoms with Gasteiger partial charge in [-0.25, -0.2) is 0 Å². The predicted molar refractivity (Wildman–Crippen MR) is 64.2 cm³/mol. The molecule has 2 rings (SSSR count). The van der Waals surface area contributed by atoms with E-state index in [9.17, 15) is 0 Å². The van der Waals surface area contributed by atoms with E-state index in [0.717, 1.165) is 43.1 Å². The van der Waals surface area contributed by atoms with Crippen molar-refractivity contribution >= 4 is 11.5 Å². The van der Waals surface area contributed by atoms with Gasteiger partial charge in [0.15, 0.2) is 0 Å². The second-order valence-electron chi connectivity index (χ2n) is 3.80. The molecule has 1 aromatic heterocycles. The lowest BCUT2D eigenvalue weighted by molar-refractivity contribution is 0.168. The van der Waals surface area contributed by atoms with Gasteiger partial charge in [0.25, 0.3) is 0 Å². The van der Waals surface area contributed by atoms with Crippen molar-refractivity contribution in [3.63, 3.8) is 0 Å². The molecule has 0 saturated carbocycles. The first-order valence-corrected chi connectivity index (χ1v) is 6.52. The Morgan fingerprint density at radius 2 is 2.56 bits per heavy atom. The maximum absolute atomic E-state index is 5.71. The van der Waals surface area contributed by atoms with Gasteiger partial charge in [-0.1, -0.05) is 11.4 Å². The predicted octanol–water partition coefficient (Wildman–Crippen LogP) is 2.27. The Morgan fingerprint density at radius 1 is 1.62 bits per heavy atom. The minimum absolute atomic E-state index is 0.139. The number of hydrogen-bond donors (Lipinski definition) is 1. The molecule has 0 radical (unpaired) electrons. The topological polar surface area (TPSA) is 47.0 Å². The highest BCUT2D eigenvalue weighted by molar-refractivity contribution is 7.05. The van der Waals surface area contributed by atoms with Crippen LogP contribution >= 0.6 is 11.5 Å². The molecule has 1 N–H and O–H groups in total. The highest BCUT2D eigenvalue weighted by Crippen LogP contribution is 2.27. The quantitative estimate of drug-likeness (QED) is 0.856. The molecule has 1 aliphatic rings. The molecule has 88 valence electrons. The highest BCUT2D eigenvalue weighted by atomic mass is 32.1.